The molecular weight excluding hydrogens is 456 g/mol. The summed E-state index contributed by atoms with van der Waals surface area (Å²) in [4.78, 5) is 29.2. The first-order valence-corrected chi connectivity index (χ1v) is 12.6. The summed E-state index contributed by atoms with van der Waals surface area (Å²) >= 11 is 0. The highest BCUT2D eigenvalue weighted by atomic mass is 16.5. The van der Waals surface area contributed by atoms with Crippen molar-refractivity contribution in [2.45, 2.75) is 39.3 Å². The Balaban J connectivity index is 1.34. The Hall–Kier alpha value is -3.58. The summed E-state index contributed by atoms with van der Waals surface area (Å²) in [6.45, 7) is 7.11. The molecule has 2 aromatic carbocycles. The highest BCUT2D eigenvalue weighted by molar-refractivity contribution is 5.91. The summed E-state index contributed by atoms with van der Waals surface area (Å²) in [5.74, 6) is 1.62. The van der Waals surface area contributed by atoms with Crippen molar-refractivity contribution < 1.29 is 23.5 Å². The summed E-state index contributed by atoms with van der Waals surface area (Å²) in [6.07, 6.45) is 1.28. The van der Waals surface area contributed by atoms with Crippen LogP contribution in [-0.4, -0.2) is 54.5 Å². The average molecular weight is 489 g/mol. The molecule has 2 aliphatic heterocycles. The fraction of sp³-hybridized carbons (Fsp3) is 0.379. The van der Waals surface area contributed by atoms with Gasteiger partial charge in [-0.05, 0) is 54.3 Å². The van der Waals surface area contributed by atoms with Crippen molar-refractivity contribution in [3.63, 3.8) is 0 Å². The van der Waals surface area contributed by atoms with Gasteiger partial charge in [0.15, 0.2) is 5.76 Å². The lowest BCUT2D eigenvalue weighted by Crippen LogP contribution is -2.40. The number of aryl methyl sites for hydroxylation is 1. The fourth-order valence-electron chi connectivity index (χ4n) is 4.91. The monoisotopic (exact) mass is 488 g/mol. The van der Waals surface area contributed by atoms with Crippen LogP contribution in [0.4, 0.5) is 0 Å². The van der Waals surface area contributed by atoms with E-state index in [4.69, 9.17) is 13.9 Å². The smallest absolute Gasteiger partial charge is 0.289 e. The molecule has 36 heavy (non-hydrogen) atoms. The van der Waals surface area contributed by atoms with Gasteiger partial charge in [-0.1, -0.05) is 42.8 Å². The Kier molecular flexibility index (Phi) is 7.09. The van der Waals surface area contributed by atoms with E-state index in [0.717, 1.165) is 17.5 Å². The number of carbonyl (C=O) groups excluding carboxylic acids is 2. The van der Waals surface area contributed by atoms with Crippen LogP contribution in [-0.2, 0) is 22.6 Å². The maximum Gasteiger partial charge on any atom is 0.289 e. The van der Waals surface area contributed by atoms with Gasteiger partial charge in [0.25, 0.3) is 5.91 Å². The molecule has 0 unspecified atom stereocenters. The molecule has 0 N–H and O–H groups in total. The van der Waals surface area contributed by atoms with Crippen LogP contribution in [0, 0.1) is 6.92 Å². The zero-order chi connectivity index (χ0) is 25.1. The van der Waals surface area contributed by atoms with E-state index in [-0.39, 0.29) is 24.5 Å². The van der Waals surface area contributed by atoms with Gasteiger partial charge >= 0.3 is 0 Å². The van der Waals surface area contributed by atoms with E-state index in [1.54, 1.807) is 17.0 Å². The normalized spacial score (nSPS) is 17.6. The topological polar surface area (TPSA) is 72.2 Å². The van der Waals surface area contributed by atoms with E-state index in [1.165, 1.54) is 11.1 Å². The Labute approximate surface area is 211 Å². The number of morpholine rings is 1. The zero-order valence-electron chi connectivity index (χ0n) is 20.9. The molecule has 1 aromatic heterocycles. The van der Waals surface area contributed by atoms with Gasteiger partial charge in [-0.3, -0.25) is 9.59 Å². The molecule has 0 aliphatic carbocycles. The van der Waals surface area contributed by atoms with Crippen LogP contribution in [0.15, 0.2) is 59.0 Å². The molecule has 3 heterocycles. The Morgan fingerprint density at radius 2 is 1.78 bits per heavy atom. The third-order valence-corrected chi connectivity index (χ3v) is 6.91. The van der Waals surface area contributed by atoms with Crippen molar-refractivity contribution in [1.29, 1.82) is 0 Å². The van der Waals surface area contributed by atoms with Gasteiger partial charge in [0.05, 0.1) is 19.3 Å². The minimum atomic E-state index is -0.147. The Bertz CT molecular complexity index is 1230. The second kappa shape index (κ2) is 10.6. The van der Waals surface area contributed by atoms with Gasteiger partial charge in [-0.2, -0.15) is 0 Å². The van der Waals surface area contributed by atoms with E-state index >= 15 is 0 Å². The lowest BCUT2D eigenvalue weighted by Gasteiger charge is -2.38. The molecule has 5 rings (SSSR count). The van der Waals surface area contributed by atoms with Gasteiger partial charge < -0.3 is 23.7 Å². The molecule has 2 aliphatic rings. The maximum absolute atomic E-state index is 12.8. The molecule has 1 fully saturated rings. The first kappa shape index (κ1) is 24.1. The van der Waals surface area contributed by atoms with Crippen LogP contribution in [0.2, 0.25) is 0 Å². The molecule has 7 nitrogen and oxygen atoms in total. The molecular formula is C29H32N2O5. The first-order valence-electron chi connectivity index (χ1n) is 12.6. The van der Waals surface area contributed by atoms with Gasteiger partial charge in [0.2, 0.25) is 5.91 Å². The lowest BCUT2D eigenvalue weighted by atomic mass is 9.87. The van der Waals surface area contributed by atoms with Crippen molar-refractivity contribution in [2.24, 2.45) is 0 Å². The van der Waals surface area contributed by atoms with Crippen LogP contribution in [0.25, 0.3) is 0 Å². The van der Waals surface area contributed by atoms with Crippen LogP contribution in [0.3, 0.4) is 0 Å². The molecule has 188 valence electrons. The quantitative estimate of drug-likeness (QED) is 0.510. The molecule has 0 saturated carbocycles. The van der Waals surface area contributed by atoms with Gasteiger partial charge in [-0.25, -0.2) is 0 Å². The highest BCUT2D eigenvalue weighted by Crippen LogP contribution is 2.37. The second-order valence-corrected chi connectivity index (χ2v) is 9.32. The molecule has 1 saturated heterocycles. The SMILES string of the molecule is CCC(=O)N1CCc2ccc(OCc3ccc(C(=O)N4CCOCC4)o3)cc2[C@@H]1c1ccc(C)cc1. The molecule has 1 atom stereocenters. The summed E-state index contributed by atoms with van der Waals surface area (Å²) in [5, 5.41) is 0. The zero-order valence-corrected chi connectivity index (χ0v) is 20.9. The number of carbonyl (C=O) groups is 2. The van der Waals surface area contributed by atoms with Gasteiger partial charge in [-0.15, -0.1) is 0 Å². The summed E-state index contributed by atoms with van der Waals surface area (Å²) in [7, 11) is 0. The highest BCUT2D eigenvalue weighted by Gasteiger charge is 2.31. The largest absolute Gasteiger partial charge is 0.486 e. The van der Waals surface area contributed by atoms with Crippen molar-refractivity contribution in [2.75, 3.05) is 32.8 Å². The van der Waals surface area contributed by atoms with Crippen LogP contribution < -0.4 is 4.74 Å². The van der Waals surface area contributed by atoms with Crippen molar-refractivity contribution in [3.05, 3.63) is 88.4 Å². The van der Waals surface area contributed by atoms with E-state index in [1.807, 2.05) is 24.0 Å². The number of ether oxygens (including phenoxy) is 2. The van der Waals surface area contributed by atoms with Crippen molar-refractivity contribution in [1.82, 2.24) is 9.80 Å². The Morgan fingerprint density at radius 3 is 2.53 bits per heavy atom. The lowest BCUT2D eigenvalue weighted by molar-refractivity contribution is -0.132. The van der Waals surface area contributed by atoms with E-state index < -0.39 is 0 Å². The number of rotatable bonds is 6. The minimum Gasteiger partial charge on any atom is -0.486 e. The molecule has 7 heteroatoms. The predicted molar refractivity (Wildman–Crippen MR) is 135 cm³/mol. The molecule has 0 radical (unpaired) electrons. The summed E-state index contributed by atoms with van der Waals surface area (Å²) < 4.78 is 17.2. The van der Waals surface area contributed by atoms with Crippen molar-refractivity contribution >= 4 is 11.8 Å². The predicted octanol–water partition coefficient (Wildman–Crippen LogP) is 4.52. The number of benzene rings is 2. The molecule has 0 spiro atoms. The number of hydrogen-bond acceptors (Lipinski definition) is 5. The fourth-order valence-corrected chi connectivity index (χ4v) is 4.91. The number of furan rings is 1. The van der Waals surface area contributed by atoms with E-state index in [2.05, 4.69) is 37.3 Å². The van der Waals surface area contributed by atoms with E-state index in [9.17, 15) is 9.59 Å². The average Bonchev–Trinajstić information content (AvgIpc) is 3.40. The third kappa shape index (κ3) is 5.02. The Morgan fingerprint density at radius 1 is 1.00 bits per heavy atom. The van der Waals surface area contributed by atoms with Crippen LogP contribution in [0.1, 0.15) is 58.0 Å². The number of nitrogens with zero attached hydrogens (tertiary/aromatic N) is 2. The third-order valence-electron chi connectivity index (χ3n) is 6.91. The second-order valence-electron chi connectivity index (χ2n) is 9.32. The van der Waals surface area contributed by atoms with Crippen LogP contribution in [0.5, 0.6) is 5.75 Å². The summed E-state index contributed by atoms with van der Waals surface area (Å²) in [5.41, 5.74) is 4.60. The van der Waals surface area contributed by atoms with Gasteiger partial charge in [0, 0.05) is 26.1 Å². The number of fused-ring (bicyclic) bond motifs is 1. The molecule has 0 bridgehead atoms. The van der Waals surface area contributed by atoms with Crippen LogP contribution >= 0.6 is 0 Å². The first-order chi connectivity index (χ1) is 17.5. The standard InChI is InChI=1S/C29H32N2O5/c1-3-27(32)31-13-12-21-8-9-23(18-25(21)28(31)22-6-4-20(2)5-7-22)35-19-24-10-11-26(36-24)29(33)30-14-16-34-17-15-30/h4-11,18,28H,3,12-17,19H2,1-2H3/t28-/m0/s1. The van der Waals surface area contributed by atoms with Gasteiger partial charge in [0.1, 0.15) is 18.1 Å². The number of amides is 2. The maximum atomic E-state index is 12.8. The number of hydrogen-bond donors (Lipinski definition) is 0. The summed E-state index contributed by atoms with van der Waals surface area (Å²) in [6, 6.07) is 17.8. The van der Waals surface area contributed by atoms with E-state index in [0.29, 0.717) is 56.5 Å². The minimum absolute atomic E-state index is 0.125. The molecule has 2 amide bonds. The molecule has 3 aromatic rings. The van der Waals surface area contributed by atoms with Crippen molar-refractivity contribution in [3.8, 4) is 5.75 Å².